The van der Waals surface area contributed by atoms with Crippen LogP contribution in [0.3, 0.4) is 0 Å². The van der Waals surface area contributed by atoms with E-state index in [4.69, 9.17) is 5.73 Å². The molecule has 0 atom stereocenters. The van der Waals surface area contributed by atoms with Gasteiger partial charge < -0.3 is 5.73 Å². The van der Waals surface area contributed by atoms with Crippen molar-refractivity contribution in [3.63, 3.8) is 0 Å². The monoisotopic (exact) mass is 206 g/mol. The van der Waals surface area contributed by atoms with Gasteiger partial charge in [-0.3, -0.25) is 14.9 Å². The Labute approximate surface area is 86.0 Å². The minimum Gasteiger partial charge on any atom is -0.366 e. The quantitative estimate of drug-likeness (QED) is 0.601. The molecule has 15 heavy (non-hydrogen) atoms. The molecule has 0 aromatic heterocycles. The van der Waals surface area contributed by atoms with Crippen molar-refractivity contribution < 1.29 is 9.72 Å². The molecule has 0 aliphatic heterocycles. The van der Waals surface area contributed by atoms with Gasteiger partial charge in [0, 0.05) is 17.7 Å². The predicted molar refractivity (Wildman–Crippen MR) is 53.6 cm³/mol. The van der Waals surface area contributed by atoms with Crippen LogP contribution in [0.2, 0.25) is 0 Å². The highest BCUT2D eigenvalue weighted by molar-refractivity contribution is 5.95. The molecule has 2 N–H and O–H groups in total. The van der Waals surface area contributed by atoms with E-state index in [-0.39, 0.29) is 11.6 Å². The molecule has 5 nitrogen and oxygen atoms in total. The number of nitro groups is 1. The lowest BCUT2D eigenvalue weighted by Crippen LogP contribution is -2.13. The highest BCUT2D eigenvalue weighted by Crippen LogP contribution is 2.42. The van der Waals surface area contributed by atoms with E-state index in [2.05, 4.69) is 0 Å². The van der Waals surface area contributed by atoms with Crippen LogP contribution in [-0.4, -0.2) is 10.8 Å². The van der Waals surface area contributed by atoms with Gasteiger partial charge in [0.05, 0.1) is 4.92 Å². The number of hydrogen-bond donors (Lipinski definition) is 1. The number of carbonyl (C=O) groups is 1. The second-order valence-electron chi connectivity index (χ2n) is 3.67. The molecule has 1 aromatic rings. The van der Waals surface area contributed by atoms with Crippen molar-refractivity contribution in [2.75, 3.05) is 0 Å². The van der Waals surface area contributed by atoms with Gasteiger partial charge in [-0.1, -0.05) is 0 Å². The van der Waals surface area contributed by atoms with Crippen LogP contribution >= 0.6 is 0 Å². The second kappa shape index (κ2) is 3.34. The van der Waals surface area contributed by atoms with E-state index in [1.54, 1.807) is 0 Å². The van der Waals surface area contributed by atoms with Crippen molar-refractivity contribution in [2.45, 2.75) is 18.8 Å². The van der Waals surface area contributed by atoms with Gasteiger partial charge in [0.1, 0.15) is 0 Å². The van der Waals surface area contributed by atoms with Gasteiger partial charge in [-0.05, 0) is 30.4 Å². The number of non-ortho nitro benzene ring substituents is 1. The van der Waals surface area contributed by atoms with Gasteiger partial charge in [0.25, 0.3) is 5.69 Å². The zero-order valence-electron chi connectivity index (χ0n) is 7.97. The van der Waals surface area contributed by atoms with Crippen LogP contribution in [0.25, 0.3) is 0 Å². The molecular weight excluding hydrogens is 196 g/mol. The third kappa shape index (κ3) is 1.81. The Morgan fingerprint density at radius 1 is 1.47 bits per heavy atom. The van der Waals surface area contributed by atoms with Gasteiger partial charge in [0.15, 0.2) is 0 Å². The Bertz CT molecular complexity index is 438. The smallest absolute Gasteiger partial charge is 0.269 e. The lowest BCUT2D eigenvalue weighted by atomic mass is 10.0. The van der Waals surface area contributed by atoms with E-state index in [1.165, 1.54) is 18.2 Å². The Morgan fingerprint density at radius 3 is 2.60 bits per heavy atom. The van der Waals surface area contributed by atoms with Crippen molar-refractivity contribution in [1.82, 2.24) is 0 Å². The number of rotatable bonds is 3. The number of nitrogens with two attached hydrogens (primary N) is 1. The second-order valence-corrected chi connectivity index (χ2v) is 3.67. The highest BCUT2D eigenvalue weighted by Gasteiger charge is 2.29. The van der Waals surface area contributed by atoms with Gasteiger partial charge in [-0.15, -0.1) is 0 Å². The van der Waals surface area contributed by atoms with E-state index in [9.17, 15) is 14.9 Å². The average Bonchev–Trinajstić information content (AvgIpc) is 2.99. The number of carbonyl (C=O) groups excluding carboxylic acids is 1. The molecule has 1 aliphatic rings. The first-order chi connectivity index (χ1) is 7.09. The summed E-state index contributed by atoms with van der Waals surface area (Å²) in [6.07, 6.45) is 1.95. The Balaban J connectivity index is 2.48. The first-order valence-electron chi connectivity index (χ1n) is 4.67. The summed E-state index contributed by atoms with van der Waals surface area (Å²) in [6.45, 7) is 0. The number of benzene rings is 1. The maximum atomic E-state index is 11.1. The molecule has 1 aliphatic carbocycles. The molecule has 1 fully saturated rings. The number of primary amides is 1. The number of nitrogens with zero attached hydrogens (tertiary/aromatic N) is 1. The third-order valence-corrected chi connectivity index (χ3v) is 2.53. The molecule has 0 unspecified atom stereocenters. The molecule has 2 rings (SSSR count). The molecule has 0 radical (unpaired) electrons. The number of hydrogen-bond acceptors (Lipinski definition) is 3. The van der Waals surface area contributed by atoms with Gasteiger partial charge in [-0.2, -0.15) is 0 Å². The average molecular weight is 206 g/mol. The Morgan fingerprint density at radius 2 is 2.13 bits per heavy atom. The maximum absolute atomic E-state index is 11.1. The van der Waals surface area contributed by atoms with Crippen LogP contribution in [0.4, 0.5) is 5.69 Å². The maximum Gasteiger partial charge on any atom is 0.269 e. The summed E-state index contributed by atoms with van der Waals surface area (Å²) >= 11 is 0. The van der Waals surface area contributed by atoms with Gasteiger partial charge in [0.2, 0.25) is 5.91 Å². The van der Waals surface area contributed by atoms with Crippen molar-refractivity contribution in [3.05, 3.63) is 39.4 Å². The fourth-order valence-corrected chi connectivity index (χ4v) is 1.62. The first kappa shape index (κ1) is 9.64. The summed E-state index contributed by atoms with van der Waals surface area (Å²) in [6, 6.07) is 4.21. The van der Waals surface area contributed by atoms with Crippen LogP contribution in [0.5, 0.6) is 0 Å². The van der Waals surface area contributed by atoms with E-state index in [0.29, 0.717) is 5.56 Å². The summed E-state index contributed by atoms with van der Waals surface area (Å²) in [5.74, 6) is -0.251. The zero-order chi connectivity index (χ0) is 11.0. The molecule has 1 aromatic carbocycles. The van der Waals surface area contributed by atoms with Crippen LogP contribution in [-0.2, 0) is 0 Å². The van der Waals surface area contributed by atoms with Crippen LogP contribution in [0, 0.1) is 10.1 Å². The van der Waals surface area contributed by atoms with Crippen LogP contribution in [0.1, 0.15) is 34.7 Å². The van der Waals surface area contributed by atoms with E-state index in [0.717, 1.165) is 18.4 Å². The lowest BCUT2D eigenvalue weighted by Gasteiger charge is -2.04. The van der Waals surface area contributed by atoms with Crippen molar-refractivity contribution in [2.24, 2.45) is 5.73 Å². The zero-order valence-corrected chi connectivity index (χ0v) is 7.97. The minimum atomic E-state index is -0.521. The van der Waals surface area contributed by atoms with E-state index < -0.39 is 10.8 Å². The van der Waals surface area contributed by atoms with Crippen molar-refractivity contribution >= 4 is 11.6 Å². The minimum absolute atomic E-state index is 0.0156. The summed E-state index contributed by atoms with van der Waals surface area (Å²) in [5.41, 5.74) is 6.34. The molecule has 78 valence electrons. The standard InChI is InChI=1S/C10H10N2O3/c11-10(13)8-4-3-7(12(14)15)5-9(8)6-1-2-6/h3-6H,1-2H2,(H2,11,13). The Hall–Kier alpha value is -1.91. The summed E-state index contributed by atoms with van der Waals surface area (Å²) in [5, 5.41) is 10.6. The lowest BCUT2D eigenvalue weighted by molar-refractivity contribution is -0.384. The first-order valence-corrected chi connectivity index (χ1v) is 4.67. The van der Waals surface area contributed by atoms with Crippen molar-refractivity contribution in [3.8, 4) is 0 Å². The Kier molecular flexibility index (Phi) is 2.15. The highest BCUT2D eigenvalue weighted by atomic mass is 16.6. The summed E-state index contributed by atoms with van der Waals surface area (Å²) in [7, 11) is 0. The molecular formula is C10H10N2O3. The SMILES string of the molecule is NC(=O)c1ccc([N+](=O)[O-])cc1C1CC1. The van der Waals surface area contributed by atoms with Crippen LogP contribution < -0.4 is 5.73 Å². The fraction of sp³-hybridized carbons (Fsp3) is 0.300. The van der Waals surface area contributed by atoms with E-state index >= 15 is 0 Å². The molecule has 0 heterocycles. The van der Waals surface area contributed by atoms with Crippen molar-refractivity contribution in [1.29, 1.82) is 0 Å². The molecule has 5 heteroatoms. The normalized spacial score (nSPS) is 14.9. The van der Waals surface area contributed by atoms with Gasteiger partial charge in [-0.25, -0.2) is 0 Å². The fourth-order valence-electron chi connectivity index (χ4n) is 1.62. The molecule has 1 amide bonds. The molecule has 0 spiro atoms. The summed E-state index contributed by atoms with van der Waals surface area (Å²) in [4.78, 5) is 21.2. The third-order valence-electron chi connectivity index (χ3n) is 2.53. The van der Waals surface area contributed by atoms with E-state index in [1.807, 2.05) is 0 Å². The molecule has 1 saturated carbocycles. The van der Waals surface area contributed by atoms with Crippen LogP contribution in [0.15, 0.2) is 18.2 Å². The number of amides is 1. The largest absolute Gasteiger partial charge is 0.366 e. The summed E-state index contributed by atoms with van der Waals surface area (Å²) < 4.78 is 0. The molecule has 0 saturated heterocycles. The predicted octanol–water partition coefficient (Wildman–Crippen LogP) is 1.57. The van der Waals surface area contributed by atoms with Gasteiger partial charge >= 0.3 is 0 Å². The number of nitro benzene ring substituents is 1. The molecule has 0 bridgehead atoms. The topological polar surface area (TPSA) is 86.2 Å².